The van der Waals surface area contributed by atoms with E-state index in [0.717, 1.165) is 35.3 Å². The van der Waals surface area contributed by atoms with Gasteiger partial charge in [0.25, 0.3) is 0 Å². The van der Waals surface area contributed by atoms with E-state index in [0.29, 0.717) is 5.75 Å². The van der Waals surface area contributed by atoms with Crippen LogP contribution in [0.25, 0.3) is 11.4 Å². The monoisotopic (exact) mass is 410 g/mol. The van der Waals surface area contributed by atoms with Crippen molar-refractivity contribution in [3.05, 3.63) is 60.2 Å². The molecule has 0 radical (unpaired) electrons. The number of carbonyl (C=O) groups is 1. The zero-order valence-electron chi connectivity index (χ0n) is 15.7. The first-order valence-corrected chi connectivity index (χ1v) is 11.4. The molecule has 0 fully saturated rings. The fraction of sp³-hybridized carbons (Fsp3) is 0.286. The van der Waals surface area contributed by atoms with Crippen molar-refractivity contribution in [2.75, 3.05) is 11.5 Å². The predicted molar refractivity (Wildman–Crippen MR) is 115 cm³/mol. The van der Waals surface area contributed by atoms with Crippen LogP contribution in [0.4, 0.5) is 0 Å². The van der Waals surface area contributed by atoms with E-state index in [1.807, 2.05) is 54.2 Å². The van der Waals surface area contributed by atoms with E-state index < -0.39 is 0 Å². The van der Waals surface area contributed by atoms with Gasteiger partial charge < -0.3 is 9.88 Å². The molecule has 0 saturated carbocycles. The van der Waals surface area contributed by atoms with Crippen LogP contribution in [0.5, 0.6) is 0 Å². The molecule has 2 aromatic carbocycles. The topological polar surface area (TPSA) is 59.8 Å². The van der Waals surface area contributed by atoms with Crippen molar-refractivity contribution in [2.24, 2.45) is 0 Å². The summed E-state index contributed by atoms with van der Waals surface area (Å²) in [6, 6.07) is 18.4. The van der Waals surface area contributed by atoms with Crippen molar-refractivity contribution in [2.45, 2.75) is 36.0 Å². The first-order chi connectivity index (χ1) is 13.8. The standard InChI is InChI=1S/C21H22N4OS2/c1-2-25-20(15-8-4-3-5-9-15)23-24-21(25)28-14-19(26)22-17-12-13-27-18-11-7-6-10-16(17)18/h3-11,17H,2,12-14H2,1H3,(H,22,26)/t17-/m0/s1. The minimum Gasteiger partial charge on any atom is -0.348 e. The predicted octanol–water partition coefficient (Wildman–Crippen LogP) is 4.41. The van der Waals surface area contributed by atoms with Gasteiger partial charge in [0.2, 0.25) is 5.91 Å². The smallest absolute Gasteiger partial charge is 0.230 e. The van der Waals surface area contributed by atoms with Crippen molar-refractivity contribution in [1.29, 1.82) is 0 Å². The summed E-state index contributed by atoms with van der Waals surface area (Å²) in [5.41, 5.74) is 2.25. The van der Waals surface area contributed by atoms with Crippen LogP contribution in [0, 0.1) is 0 Å². The van der Waals surface area contributed by atoms with Crippen LogP contribution in [-0.2, 0) is 11.3 Å². The maximum Gasteiger partial charge on any atom is 0.230 e. The highest BCUT2D eigenvalue weighted by molar-refractivity contribution is 7.99. The molecule has 0 saturated heterocycles. The van der Waals surface area contributed by atoms with Gasteiger partial charge in [-0.2, -0.15) is 0 Å². The van der Waals surface area contributed by atoms with Crippen molar-refractivity contribution in [1.82, 2.24) is 20.1 Å². The molecule has 28 heavy (non-hydrogen) atoms. The number of nitrogens with zero attached hydrogens (tertiary/aromatic N) is 3. The number of hydrogen-bond donors (Lipinski definition) is 1. The number of carbonyl (C=O) groups excluding carboxylic acids is 1. The molecule has 0 unspecified atom stereocenters. The highest BCUT2D eigenvalue weighted by Gasteiger charge is 2.22. The molecule has 1 aliphatic heterocycles. The number of hydrogen-bond acceptors (Lipinski definition) is 5. The molecule has 144 valence electrons. The third-order valence-corrected chi connectivity index (χ3v) is 6.78. The van der Waals surface area contributed by atoms with Gasteiger partial charge in [0.15, 0.2) is 11.0 Å². The molecule has 1 amide bonds. The molecule has 2 heterocycles. The Balaban J connectivity index is 1.41. The van der Waals surface area contributed by atoms with Gasteiger partial charge in [0, 0.05) is 22.8 Å². The second-order valence-electron chi connectivity index (χ2n) is 6.50. The van der Waals surface area contributed by atoms with Crippen LogP contribution < -0.4 is 5.32 Å². The van der Waals surface area contributed by atoms with Crippen LogP contribution in [-0.4, -0.2) is 32.2 Å². The minimum atomic E-state index is 0.0311. The number of fused-ring (bicyclic) bond motifs is 1. The lowest BCUT2D eigenvalue weighted by Gasteiger charge is -2.25. The first kappa shape index (κ1) is 19.1. The summed E-state index contributed by atoms with van der Waals surface area (Å²) < 4.78 is 2.06. The van der Waals surface area contributed by atoms with Crippen LogP contribution in [0.15, 0.2) is 64.6 Å². The summed E-state index contributed by atoms with van der Waals surface area (Å²) in [6.45, 7) is 2.82. The molecule has 0 aliphatic carbocycles. The van der Waals surface area contributed by atoms with Crippen LogP contribution in [0.1, 0.15) is 24.9 Å². The van der Waals surface area contributed by atoms with Crippen molar-refractivity contribution in [3.63, 3.8) is 0 Å². The molecule has 0 spiro atoms. The maximum atomic E-state index is 12.6. The Morgan fingerprint density at radius 1 is 1.18 bits per heavy atom. The average Bonchev–Trinajstić information content (AvgIpc) is 3.16. The van der Waals surface area contributed by atoms with E-state index in [2.05, 4.69) is 39.1 Å². The normalized spacial score (nSPS) is 15.8. The number of amides is 1. The largest absolute Gasteiger partial charge is 0.348 e. The Hall–Kier alpha value is -2.25. The summed E-state index contributed by atoms with van der Waals surface area (Å²) in [4.78, 5) is 13.8. The lowest BCUT2D eigenvalue weighted by molar-refractivity contribution is -0.119. The third-order valence-electron chi connectivity index (χ3n) is 4.69. The average molecular weight is 411 g/mol. The molecule has 3 aromatic rings. The number of nitrogens with one attached hydrogen (secondary N) is 1. The molecular weight excluding hydrogens is 388 g/mol. The van der Waals surface area contributed by atoms with E-state index in [1.165, 1.54) is 22.2 Å². The fourth-order valence-electron chi connectivity index (χ4n) is 3.34. The van der Waals surface area contributed by atoms with Crippen LogP contribution >= 0.6 is 23.5 Å². The highest BCUT2D eigenvalue weighted by atomic mass is 32.2. The molecule has 7 heteroatoms. The minimum absolute atomic E-state index is 0.0311. The van der Waals surface area contributed by atoms with Crippen LogP contribution in [0.3, 0.4) is 0 Å². The molecule has 5 nitrogen and oxygen atoms in total. The van der Waals surface area contributed by atoms with Crippen molar-refractivity contribution < 1.29 is 4.79 Å². The van der Waals surface area contributed by atoms with E-state index in [4.69, 9.17) is 0 Å². The number of aromatic nitrogens is 3. The zero-order chi connectivity index (χ0) is 19.3. The van der Waals surface area contributed by atoms with Gasteiger partial charge in [-0.05, 0) is 25.0 Å². The fourth-order valence-corrected chi connectivity index (χ4v) is 5.28. The van der Waals surface area contributed by atoms with Crippen molar-refractivity contribution in [3.8, 4) is 11.4 Å². The maximum absolute atomic E-state index is 12.6. The molecule has 0 bridgehead atoms. The second-order valence-corrected chi connectivity index (χ2v) is 8.58. The van der Waals surface area contributed by atoms with Gasteiger partial charge in [-0.3, -0.25) is 4.79 Å². The lowest BCUT2D eigenvalue weighted by atomic mass is 10.0. The van der Waals surface area contributed by atoms with Gasteiger partial charge in [-0.25, -0.2) is 0 Å². The molecule has 1 atom stereocenters. The number of rotatable bonds is 6. The molecular formula is C21H22N4OS2. The second kappa shape index (κ2) is 8.84. The number of thioether (sulfide) groups is 2. The zero-order valence-corrected chi connectivity index (χ0v) is 17.3. The third kappa shape index (κ3) is 4.10. The summed E-state index contributed by atoms with van der Waals surface area (Å²) in [6.07, 6.45) is 0.960. The summed E-state index contributed by atoms with van der Waals surface area (Å²) in [5.74, 6) is 2.23. The van der Waals surface area contributed by atoms with Gasteiger partial charge >= 0.3 is 0 Å². The van der Waals surface area contributed by atoms with E-state index >= 15 is 0 Å². The summed E-state index contributed by atoms with van der Waals surface area (Å²) in [5, 5.41) is 12.6. The van der Waals surface area contributed by atoms with Crippen LogP contribution in [0.2, 0.25) is 0 Å². The van der Waals surface area contributed by atoms with Gasteiger partial charge in [-0.1, -0.05) is 60.3 Å². The van der Waals surface area contributed by atoms with Gasteiger partial charge in [-0.15, -0.1) is 22.0 Å². The Kier molecular flexibility index (Phi) is 6.02. The molecule has 4 rings (SSSR count). The van der Waals surface area contributed by atoms with E-state index in [-0.39, 0.29) is 11.9 Å². The quantitative estimate of drug-likeness (QED) is 0.610. The molecule has 1 aliphatic rings. The first-order valence-electron chi connectivity index (χ1n) is 9.38. The Labute approximate surface area is 173 Å². The highest BCUT2D eigenvalue weighted by Crippen LogP contribution is 2.35. The van der Waals surface area contributed by atoms with Crippen molar-refractivity contribution >= 4 is 29.4 Å². The summed E-state index contributed by atoms with van der Waals surface area (Å²) in [7, 11) is 0. The van der Waals surface area contributed by atoms with Gasteiger partial charge in [0.05, 0.1) is 11.8 Å². The van der Waals surface area contributed by atoms with Gasteiger partial charge in [0.1, 0.15) is 0 Å². The Morgan fingerprint density at radius 2 is 1.96 bits per heavy atom. The molecule has 1 aromatic heterocycles. The Bertz CT molecular complexity index is 958. The summed E-state index contributed by atoms with van der Waals surface area (Å²) >= 11 is 3.29. The molecule has 1 N–H and O–H groups in total. The Morgan fingerprint density at radius 3 is 2.79 bits per heavy atom. The lowest BCUT2D eigenvalue weighted by Crippen LogP contribution is -2.31. The SMILES string of the molecule is CCn1c(SCC(=O)N[C@H]2CCSc3ccccc32)nnc1-c1ccccc1. The van der Waals surface area contributed by atoms with E-state index in [1.54, 1.807) is 0 Å². The number of benzene rings is 2. The van der Waals surface area contributed by atoms with E-state index in [9.17, 15) is 4.79 Å².